The van der Waals surface area contributed by atoms with Gasteiger partial charge in [-0.15, -0.1) is 0 Å². The van der Waals surface area contributed by atoms with Crippen molar-refractivity contribution in [3.8, 4) is 0 Å². The highest BCUT2D eigenvalue weighted by molar-refractivity contribution is 6.10. The second-order valence-corrected chi connectivity index (χ2v) is 9.07. The van der Waals surface area contributed by atoms with Crippen molar-refractivity contribution in [1.29, 1.82) is 0 Å². The number of amides is 4. The van der Waals surface area contributed by atoms with Crippen LogP contribution in [-0.2, 0) is 22.7 Å². The fraction of sp³-hybridized carbons (Fsp3) is 0.458. The van der Waals surface area contributed by atoms with Crippen molar-refractivity contribution in [2.45, 2.75) is 64.1 Å². The van der Waals surface area contributed by atoms with Crippen LogP contribution in [0.3, 0.4) is 0 Å². The van der Waals surface area contributed by atoms with Crippen LogP contribution in [0, 0.1) is 0 Å². The molecule has 4 amide bonds. The Morgan fingerprint density at radius 3 is 2.46 bits per heavy atom. The minimum atomic E-state index is -0.953. The molecule has 2 aromatic rings. The number of nitrogens with one attached hydrogen (secondary N) is 2. The number of unbranched alkanes of at least 4 members (excludes halogenated alkanes) is 1. The van der Waals surface area contributed by atoms with Crippen LogP contribution in [0.4, 0.5) is 16.3 Å². The van der Waals surface area contributed by atoms with Crippen LogP contribution in [-0.4, -0.2) is 44.4 Å². The van der Waals surface area contributed by atoms with Gasteiger partial charge in [0.2, 0.25) is 5.91 Å². The average molecular weight is 483 g/mol. The number of benzene rings is 1. The lowest BCUT2D eigenvalue weighted by Crippen LogP contribution is -2.47. The number of nitrogens with two attached hydrogens (primary N) is 1. The van der Waals surface area contributed by atoms with Crippen molar-refractivity contribution in [1.82, 2.24) is 19.8 Å². The van der Waals surface area contributed by atoms with E-state index in [1.807, 2.05) is 13.0 Å². The summed E-state index contributed by atoms with van der Waals surface area (Å²) in [6.07, 6.45) is 4.14. The highest BCUT2D eigenvalue weighted by atomic mass is 16.2. The van der Waals surface area contributed by atoms with Gasteiger partial charge in [-0.1, -0.05) is 56.5 Å². The molecule has 11 nitrogen and oxygen atoms in total. The van der Waals surface area contributed by atoms with Crippen LogP contribution in [0.5, 0.6) is 0 Å². The molecule has 35 heavy (non-hydrogen) atoms. The van der Waals surface area contributed by atoms with Crippen molar-refractivity contribution >= 4 is 29.4 Å². The number of aromatic nitrogens is 2. The largest absolute Gasteiger partial charge is 0.383 e. The van der Waals surface area contributed by atoms with E-state index in [1.54, 1.807) is 24.3 Å². The SMILES string of the molecule is CCCCn1c(N)c(N(Cc2ccccc2)C(=O)CN2C(=O)NC3(CCCC3)C2=O)c(=O)[nH]c1=O. The Labute approximate surface area is 201 Å². The molecule has 0 bridgehead atoms. The van der Waals surface area contributed by atoms with Crippen LogP contribution in [0.2, 0.25) is 0 Å². The first kappa shape index (κ1) is 24.2. The summed E-state index contributed by atoms with van der Waals surface area (Å²) in [6.45, 7) is 1.64. The standard InChI is InChI=1S/C24H30N6O5/c1-2-3-13-28-19(25)18(20(32)26-22(28)34)29(14-16-9-5-4-6-10-16)17(31)15-30-21(33)24(27-23(30)35)11-7-8-12-24/h4-6,9-10H,2-3,7-8,11-15,25H2,1H3,(H,27,35)(H,26,32,34). The third-order valence-corrected chi connectivity index (χ3v) is 6.70. The molecule has 1 spiro atoms. The number of H-pyrrole nitrogens is 1. The van der Waals surface area contributed by atoms with E-state index < -0.39 is 41.2 Å². The van der Waals surface area contributed by atoms with E-state index >= 15 is 0 Å². The number of imide groups is 1. The molecular weight excluding hydrogens is 452 g/mol. The minimum Gasteiger partial charge on any atom is -0.383 e. The monoisotopic (exact) mass is 482 g/mol. The van der Waals surface area contributed by atoms with E-state index in [1.165, 1.54) is 4.57 Å². The third kappa shape index (κ3) is 4.58. The molecule has 1 aromatic heterocycles. The summed E-state index contributed by atoms with van der Waals surface area (Å²) in [5.41, 5.74) is 4.36. The minimum absolute atomic E-state index is 0.0340. The zero-order chi connectivity index (χ0) is 25.2. The second-order valence-electron chi connectivity index (χ2n) is 9.07. The highest BCUT2D eigenvalue weighted by Crippen LogP contribution is 2.35. The predicted molar refractivity (Wildman–Crippen MR) is 130 cm³/mol. The maximum atomic E-state index is 13.6. The third-order valence-electron chi connectivity index (χ3n) is 6.70. The lowest BCUT2D eigenvalue weighted by molar-refractivity contribution is -0.134. The summed E-state index contributed by atoms with van der Waals surface area (Å²) in [7, 11) is 0. The van der Waals surface area contributed by atoms with Gasteiger partial charge in [-0.3, -0.25) is 33.7 Å². The molecule has 4 N–H and O–H groups in total. The van der Waals surface area contributed by atoms with Crippen LogP contribution < -0.4 is 27.2 Å². The van der Waals surface area contributed by atoms with Crippen LogP contribution in [0.15, 0.2) is 39.9 Å². The lowest BCUT2D eigenvalue weighted by Gasteiger charge is -2.26. The van der Waals surface area contributed by atoms with Gasteiger partial charge in [-0.2, -0.15) is 0 Å². The molecule has 2 fully saturated rings. The maximum Gasteiger partial charge on any atom is 0.330 e. The Balaban J connectivity index is 1.71. The maximum absolute atomic E-state index is 13.6. The van der Waals surface area contributed by atoms with Gasteiger partial charge in [0.1, 0.15) is 17.9 Å². The number of anilines is 2. The van der Waals surface area contributed by atoms with Gasteiger partial charge in [0.05, 0.1) is 6.54 Å². The number of hydrogen-bond acceptors (Lipinski definition) is 6. The van der Waals surface area contributed by atoms with Gasteiger partial charge < -0.3 is 11.1 Å². The zero-order valence-corrected chi connectivity index (χ0v) is 19.7. The second kappa shape index (κ2) is 9.77. The van der Waals surface area contributed by atoms with Crippen molar-refractivity contribution < 1.29 is 14.4 Å². The van der Waals surface area contributed by atoms with Gasteiger partial charge in [-0.05, 0) is 24.8 Å². The number of urea groups is 1. The number of aromatic amines is 1. The quantitative estimate of drug-likeness (QED) is 0.483. The molecule has 0 unspecified atom stereocenters. The Morgan fingerprint density at radius 1 is 1.11 bits per heavy atom. The fourth-order valence-corrected chi connectivity index (χ4v) is 4.79. The first-order chi connectivity index (χ1) is 16.8. The van der Waals surface area contributed by atoms with E-state index in [0.29, 0.717) is 24.8 Å². The van der Waals surface area contributed by atoms with Gasteiger partial charge in [0, 0.05) is 6.54 Å². The van der Waals surface area contributed by atoms with Crippen LogP contribution in [0.1, 0.15) is 51.0 Å². The summed E-state index contributed by atoms with van der Waals surface area (Å²) in [6, 6.07) is 8.32. The zero-order valence-electron chi connectivity index (χ0n) is 19.7. The highest BCUT2D eigenvalue weighted by Gasteiger charge is 2.53. The molecule has 1 aromatic carbocycles. The first-order valence-corrected chi connectivity index (χ1v) is 11.9. The molecule has 1 aliphatic heterocycles. The topological polar surface area (TPSA) is 151 Å². The number of nitrogen functional groups attached to an aromatic ring is 1. The Bertz CT molecular complexity index is 1250. The lowest BCUT2D eigenvalue weighted by atomic mass is 9.98. The number of nitrogens with zero attached hydrogens (tertiary/aromatic N) is 3. The molecule has 1 saturated heterocycles. The van der Waals surface area contributed by atoms with Gasteiger partial charge in [0.25, 0.3) is 11.5 Å². The van der Waals surface area contributed by atoms with E-state index in [0.717, 1.165) is 29.1 Å². The number of carbonyl (C=O) groups is 3. The van der Waals surface area contributed by atoms with Crippen LogP contribution >= 0.6 is 0 Å². The molecule has 0 radical (unpaired) electrons. The molecule has 186 valence electrons. The molecular formula is C24H30N6O5. The van der Waals surface area contributed by atoms with E-state index in [4.69, 9.17) is 5.73 Å². The van der Waals surface area contributed by atoms with Crippen molar-refractivity contribution in [3.63, 3.8) is 0 Å². The summed E-state index contributed by atoms with van der Waals surface area (Å²) in [5, 5.41) is 2.75. The number of rotatable bonds is 8. The Kier molecular flexibility index (Phi) is 6.77. The molecule has 2 heterocycles. The summed E-state index contributed by atoms with van der Waals surface area (Å²) in [5.74, 6) is -1.23. The summed E-state index contributed by atoms with van der Waals surface area (Å²) in [4.78, 5) is 68.9. The van der Waals surface area contributed by atoms with Gasteiger partial charge in [-0.25, -0.2) is 9.59 Å². The fourth-order valence-electron chi connectivity index (χ4n) is 4.79. The molecule has 1 saturated carbocycles. The van der Waals surface area contributed by atoms with E-state index in [9.17, 15) is 24.0 Å². The molecule has 4 rings (SSSR count). The predicted octanol–water partition coefficient (Wildman–Crippen LogP) is 1.32. The normalized spacial score (nSPS) is 16.7. The summed E-state index contributed by atoms with van der Waals surface area (Å²) >= 11 is 0. The summed E-state index contributed by atoms with van der Waals surface area (Å²) < 4.78 is 1.23. The number of carbonyl (C=O) groups excluding carboxylic acids is 3. The van der Waals surface area contributed by atoms with Crippen LogP contribution in [0.25, 0.3) is 0 Å². The van der Waals surface area contributed by atoms with E-state index in [-0.39, 0.29) is 24.6 Å². The molecule has 2 aliphatic rings. The van der Waals surface area contributed by atoms with Gasteiger partial charge >= 0.3 is 11.7 Å². The van der Waals surface area contributed by atoms with Crippen molar-refractivity contribution in [2.75, 3.05) is 17.2 Å². The van der Waals surface area contributed by atoms with Crippen molar-refractivity contribution in [3.05, 3.63) is 56.7 Å². The first-order valence-electron chi connectivity index (χ1n) is 11.9. The molecule has 11 heteroatoms. The Morgan fingerprint density at radius 2 is 1.80 bits per heavy atom. The van der Waals surface area contributed by atoms with Crippen molar-refractivity contribution in [2.24, 2.45) is 0 Å². The van der Waals surface area contributed by atoms with Gasteiger partial charge in [0.15, 0.2) is 5.69 Å². The number of hydrogen-bond donors (Lipinski definition) is 3. The average Bonchev–Trinajstić information content (AvgIpc) is 3.39. The van der Waals surface area contributed by atoms with E-state index in [2.05, 4.69) is 10.3 Å². The molecule has 1 aliphatic carbocycles. The Hall–Kier alpha value is -3.89. The smallest absolute Gasteiger partial charge is 0.330 e. The molecule has 0 atom stereocenters.